The first kappa shape index (κ1) is 14.9. The molecule has 6 nitrogen and oxygen atoms in total. The molecule has 8 heteroatoms. The number of nitrogens with one attached hydrogen (secondary N) is 2. The minimum Gasteiger partial charge on any atom is -0.476 e. The highest BCUT2D eigenvalue weighted by Gasteiger charge is 2.35. The Balaban J connectivity index is 1.90. The summed E-state index contributed by atoms with van der Waals surface area (Å²) in [5.74, 6) is 0.224. The first-order valence-corrected chi connectivity index (χ1v) is 8.85. The van der Waals surface area contributed by atoms with Gasteiger partial charge in [-0.05, 0) is 43.5 Å². The molecule has 0 aliphatic carbocycles. The van der Waals surface area contributed by atoms with Crippen LogP contribution in [0.5, 0.6) is 5.75 Å². The van der Waals surface area contributed by atoms with Gasteiger partial charge in [-0.15, -0.1) is 11.3 Å². The molecule has 0 fully saturated rings. The number of carbonyl (C=O) groups excluding carboxylic acids is 1. The lowest BCUT2D eigenvalue weighted by Crippen LogP contribution is -2.45. The summed E-state index contributed by atoms with van der Waals surface area (Å²) in [6.45, 7) is 3.33. The molecule has 1 aliphatic rings. The molecule has 1 aliphatic heterocycles. The van der Waals surface area contributed by atoms with Gasteiger partial charge in [0.2, 0.25) is 0 Å². The van der Waals surface area contributed by atoms with Gasteiger partial charge in [-0.1, -0.05) is 6.07 Å². The molecule has 2 heterocycles. The van der Waals surface area contributed by atoms with Crippen LogP contribution >= 0.6 is 11.3 Å². The number of hydrogen-bond donors (Lipinski definition) is 2. The van der Waals surface area contributed by atoms with Crippen molar-refractivity contribution in [2.24, 2.45) is 0 Å². The van der Waals surface area contributed by atoms with Crippen LogP contribution in [-0.2, 0) is 14.8 Å². The fourth-order valence-corrected chi connectivity index (χ4v) is 4.04. The number of benzene rings is 1. The third-order valence-electron chi connectivity index (χ3n) is 3.15. The lowest BCUT2D eigenvalue weighted by atomic mass is 10.1. The number of fused-ring (bicyclic) bond motifs is 1. The van der Waals surface area contributed by atoms with E-state index in [2.05, 4.69) is 10.0 Å². The zero-order valence-corrected chi connectivity index (χ0v) is 13.5. The van der Waals surface area contributed by atoms with E-state index in [9.17, 15) is 13.2 Å². The maximum atomic E-state index is 12.2. The van der Waals surface area contributed by atoms with Gasteiger partial charge in [0, 0.05) is 0 Å². The van der Waals surface area contributed by atoms with Crippen LogP contribution in [0.4, 0.5) is 11.4 Å². The van der Waals surface area contributed by atoms with Crippen molar-refractivity contribution in [1.82, 2.24) is 0 Å². The Labute approximate surface area is 132 Å². The minimum atomic E-state index is -3.62. The molecule has 116 valence electrons. The third kappa shape index (κ3) is 2.67. The Morgan fingerprint density at radius 3 is 2.73 bits per heavy atom. The molecule has 1 aromatic heterocycles. The van der Waals surface area contributed by atoms with Gasteiger partial charge in [0.1, 0.15) is 9.96 Å². The summed E-state index contributed by atoms with van der Waals surface area (Å²) in [6, 6.07) is 7.95. The van der Waals surface area contributed by atoms with Crippen molar-refractivity contribution < 1.29 is 17.9 Å². The predicted octanol–water partition coefficient (Wildman–Crippen LogP) is 2.66. The van der Waals surface area contributed by atoms with Gasteiger partial charge < -0.3 is 10.1 Å². The van der Waals surface area contributed by atoms with Crippen molar-refractivity contribution in [2.75, 3.05) is 10.0 Å². The number of thiophene rings is 1. The molecule has 0 saturated carbocycles. The molecule has 0 atom stereocenters. The summed E-state index contributed by atoms with van der Waals surface area (Å²) in [5.41, 5.74) is -0.156. The molecule has 3 rings (SSSR count). The van der Waals surface area contributed by atoms with Gasteiger partial charge in [-0.2, -0.15) is 0 Å². The standard InChI is InChI=1S/C14H14N2O4S2/c1-14(2)13(17)15-10-8-9(5-6-11(10)20-14)16-22(18,19)12-4-3-7-21-12/h3-8,16H,1-2H3,(H,15,17). The zero-order chi connectivity index (χ0) is 16.0. The van der Waals surface area contributed by atoms with Crippen molar-refractivity contribution in [2.45, 2.75) is 23.7 Å². The van der Waals surface area contributed by atoms with Crippen LogP contribution in [0.1, 0.15) is 13.8 Å². The maximum absolute atomic E-state index is 12.2. The molecule has 0 radical (unpaired) electrons. The van der Waals surface area contributed by atoms with E-state index in [0.29, 0.717) is 17.1 Å². The number of ether oxygens (including phenoxy) is 1. The van der Waals surface area contributed by atoms with Crippen LogP contribution in [0, 0.1) is 0 Å². The molecule has 22 heavy (non-hydrogen) atoms. The molecule has 1 amide bonds. The van der Waals surface area contributed by atoms with Gasteiger partial charge in [0.05, 0.1) is 11.4 Å². The highest BCUT2D eigenvalue weighted by Crippen LogP contribution is 2.36. The van der Waals surface area contributed by atoms with Crippen LogP contribution in [0.3, 0.4) is 0 Å². The summed E-state index contributed by atoms with van der Waals surface area (Å²) in [6.07, 6.45) is 0. The number of sulfonamides is 1. The van der Waals surface area contributed by atoms with Gasteiger partial charge >= 0.3 is 0 Å². The number of anilines is 2. The van der Waals surface area contributed by atoms with Crippen molar-refractivity contribution in [1.29, 1.82) is 0 Å². The summed E-state index contributed by atoms with van der Waals surface area (Å²) in [5, 5.41) is 4.41. The van der Waals surface area contributed by atoms with E-state index >= 15 is 0 Å². The summed E-state index contributed by atoms with van der Waals surface area (Å²) >= 11 is 1.13. The summed E-state index contributed by atoms with van der Waals surface area (Å²) in [7, 11) is -3.62. The Bertz CT molecular complexity index is 827. The molecule has 2 aromatic rings. The Morgan fingerprint density at radius 1 is 1.27 bits per heavy atom. The van der Waals surface area contributed by atoms with Crippen molar-refractivity contribution in [3.63, 3.8) is 0 Å². The Kier molecular flexibility index (Phi) is 3.37. The maximum Gasteiger partial charge on any atom is 0.271 e. The SMILES string of the molecule is CC1(C)Oc2ccc(NS(=O)(=O)c3cccs3)cc2NC1=O. The number of amides is 1. The molecule has 0 spiro atoms. The van der Waals surface area contributed by atoms with Crippen LogP contribution in [0.25, 0.3) is 0 Å². The van der Waals surface area contributed by atoms with Crippen molar-refractivity contribution >= 4 is 38.6 Å². The molecule has 2 N–H and O–H groups in total. The Morgan fingerprint density at radius 2 is 2.05 bits per heavy atom. The molecule has 0 saturated heterocycles. The van der Waals surface area contributed by atoms with Crippen LogP contribution in [-0.4, -0.2) is 19.9 Å². The van der Waals surface area contributed by atoms with Gasteiger partial charge in [0.15, 0.2) is 5.60 Å². The van der Waals surface area contributed by atoms with Crippen molar-refractivity contribution in [3.05, 3.63) is 35.7 Å². The van der Waals surface area contributed by atoms with E-state index in [-0.39, 0.29) is 10.1 Å². The largest absolute Gasteiger partial charge is 0.476 e. The van der Waals surface area contributed by atoms with E-state index in [1.165, 1.54) is 12.1 Å². The summed E-state index contributed by atoms with van der Waals surface area (Å²) < 4.78 is 32.7. The molecular formula is C14H14N2O4S2. The highest BCUT2D eigenvalue weighted by atomic mass is 32.2. The average Bonchev–Trinajstić information content (AvgIpc) is 2.95. The van der Waals surface area contributed by atoms with E-state index in [1.807, 2.05) is 0 Å². The molecule has 0 bridgehead atoms. The number of rotatable bonds is 3. The number of hydrogen-bond acceptors (Lipinski definition) is 5. The fraction of sp³-hybridized carbons (Fsp3) is 0.214. The van der Waals surface area contributed by atoms with Crippen LogP contribution in [0.15, 0.2) is 39.9 Å². The number of carbonyl (C=O) groups is 1. The highest BCUT2D eigenvalue weighted by molar-refractivity contribution is 7.94. The van der Waals surface area contributed by atoms with Gasteiger partial charge in [-0.3, -0.25) is 9.52 Å². The monoisotopic (exact) mass is 338 g/mol. The van der Waals surface area contributed by atoms with Gasteiger partial charge in [-0.25, -0.2) is 8.42 Å². The summed E-state index contributed by atoms with van der Waals surface area (Å²) in [4.78, 5) is 11.9. The topological polar surface area (TPSA) is 84.5 Å². The van der Waals surface area contributed by atoms with Crippen LogP contribution < -0.4 is 14.8 Å². The normalized spacial score (nSPS) is 16.4. The van der Waals surface area contributed by atoms with Crippen LogP contribution in [0.2, 0.25) is 0 Å². The molecule has 0 unspecified atom stereocenters. The molecular weight excluding hydrogens is 324 g/mol. The van der Waals surface area contributed by atoms with E-state index in [1.54, 1.807) is 37.4 Å². The average molecular weight is 338 g/mol. The zero-order valence-electron chi connectivity index (χ0n) is 11.9. The lowest BCUT2D eigenvalue weighted by Gasteiger charge is -2.31. The second-order valence-corrected chi connectivity index (χ2v) is 8.17. The second kappa shape index (κ2) is 4.99. The first-order chi connectivity index (χ1) is 10.3. The van der Waals surface area contributed by atoms with E-state index < -0.39 is 15.6 Å². The van der Waals surface area contributed by atoms with Crippen molar-refractivity contribution in [3.8, 4) is 5.75 Å². The van der Waals surface area contributed by atoms with E-state index in [0.717, 1.165) is 11.3 Å². The van der Waals surface area contributed by atoms with E-state index in [4.69, 9.17) is 4.74 Å². The molecule has 1 aromatic carbocycles. The smallest absolute Gasteiger partial charge is 0.271 e. The quantitative estimate of drug-likeness (QED) is 0.901. The Hall–Kier alpha value is -2.06. The first-order valence-electron chi connectivity index (χ1n) is 6.49. The second-order valence-electron chi connectivity index (χ2n) is 5.32. The predicted molar refractivity (Wildman–Crippen MR) is 84.9 cm³/mol. The lowest BCUT2D eigenvalue weighted by molar-refractivity contribution is -0.129. The van der Waals surface area contributed by atoms with Gasteiger partial charge in [0.25, 0.3) is 15.9 Å². The minimum absolute atomic E-state index is 0.228. The third-order valence-corrected chi connectivity index (χ3v) is 5.93. The fourth-order valence-electron chi connectivity index (χ4n) is 2.00.